The van der Waals surface area contributed by atoms with Crippen LogP contribution in [-0.4, -0.2) is 155 Å². The van der Waals surface area contributed by atoms with Crippen molar-refractivity contribution in [3.8, 4) is 0 Å². The molecular weight excluding hydrogens is 973 g/mol. The number of fused-ring (bicyclic) bond motifs is 2. The Morgan fingerprint density at radius 1 is 0.750 bits per heavy atom. The monoisotopic (exact) mass is 1050 g/mol. The summed E-state index contributed by atoms with van der Waals surface area (Å²) in [6, 6.07) is 9.71. The molecule has 400 valence electrons. The summed E-state index contributed by atoms with van der Waals surface area (Å²) in [5.74, 6) is -1.78. The maximum absolute atomic E-state index is 13.8. The number of ether oxygens (including phenoxy) is 6. The zero-order valence-corrected chi connectivity index (χ0v) is 44.4. The minimum absolute atomic E-state index is 0.000198. The van der Waals surface area contributed by atoms with Gasteiger partial charge in [-0.05, 0) is 81.5 Å². The van der Waals surface area contributed by atoms with Crippen molar-refractivity contribution in [3.05, 3.63) is 71.5 Å². The third-order valence-electron chi connectivity index (χ3n) is 13.3. The number of unbranched alkanes of at least 4 members (excludes halogenated alkanes) is 3. The lowest BCUT2D eigenvalue weighted by molar-refractivity contribution is -0.438. The zero-order valence-electron chi connectivity index (χ0n) is 42.7. The summed E-state index contributed by atoms with van der Waals surface area (Å²) >= 11 is 0. The lowest BCUT2D eigenvalue weighted by Crippen LogP contribution is -2.33. The van der Waals surface area contributed by atoms with Crippen molar-refractivity contribution >= 4 is 55.0 Å². The predicted octanol–water partition coefficient (Wildman–Crippen LogP) is 5.57. The third kappa shape index (κ3) is 15.1. The molecule has 0 aromatic heterocycles. The highest BCUT2D eigenvalue weighted by Gasteiger charge is 2.48. The van der Waals surface area contributed by atoms with Gasteiger partial charge in [0.2, 0.25) is 15.7 Å². The minimum Gasteiger partial charge on any atom is -0.744 e. The van der Waals surface area contributed by atoms with E-state index in [1.54, 1.807) is 39.5 Å². The fourth-order valence-corrected chi connectivity index (χ4v) is 10.9. The average Bonchev–Trinajstić information content (AvgIpc) is 3.88. The minimum atomic E-state index is -4.80. The number of nitrogens with one attached hydrogen (secondary N) is 1. The Labute approximate surface area is 425 Å². The van der Waals surface area contributed by atoms with Gasteiger partial charge in [0.05, 0.1) is 61.5 Å². The molecule has 2 amide bonds. The lowest BCUT2D eigenvalue weighted by Gasteiger charge is -2.30. The first-order chi connectivity index (χ1) is 34.5. The van der Waals surface area contributed by atoms with E-state index in [-0.39, 0.29) is 35.6 Å². The van der Waals surface area contributed by atoms with Crippen LogP contribution in [0.25, 0.3) is 0 Å². The summed E-state index contributed by atoms with van der Waals surface area (Å²) in [6.07, 6.45) is 10.7. The van der Waals surface area contributed by atoms with Gasteiger partial charge < -0.3 is 42.7 Å². The summed E-state index contributed by atoms with van der Waals surface area (Å²) in [4.78, 5) is 43.6. The number of methoxy groups -OCH3 is 3. The molecule has 5 rings (SSSR count). The number of anilines is 1. The summed E-state index contributed by atoms with van der Waals surface area (Å²) in [5, 5.41) is 0.541. The Hall–Kier alpha value is -4.42. The Balaban J connectivity index is 1.53. The summed E-state index contributed by atoms with van der Waals surface area (Å²) in [6.45, 7) is 10.9. The summed E-state index contributed by atoms with van der Waals surface area (Å²) in [7, 11) is -3.93. The van der Waals surface area contributed by atoms with Crippen LogP contribution in [0.2, 0.25) is 0 Å². The SMILES string of the molecule is CCCC[N+]1=C(C=CC=C2N(CCOCCOC)c3ccc(S(=O)(=O)NCCCOCCOC)cc3C2(C)CCOCCOC)C(C)(CCCCCC(=O)ON2C(=O)CCC2=O)c2cc(S(=O)(=O)[O-])ccc21. The van der Waals surface area contributed by atoms with Crippen LogP contribution in [0.4, 0.5) is 11.4 Å². The Kier molecular flexibility index (Phi) is 22.5. The van der Waals surface area contributed by atoms with Gasteiger partial charge >= 0.3 is 5.97 Å². The quantitative estimate of drug-likeness (QED) is 0.0391. The Bertz CT molecular complexity index is 2480. The van der Waals surface area contributed by atoms with E-state index in [1.807, 2.05) is 31.2 Å². The highest BCUT2D eigenvalue weighted by Crippen LogP contribution is 2.51. The maximum Gasteiger partial charge on any atom is 0.333 e. The maximum atomic E-state index is 13.8. The molecule has 3 aliphatic rings. The predicted molar refractivity (Wildman–Crippen MR) is 268 cm³/mol. The molecule has 1 fully saturated rings. The molecule has 0 saturated carbocycles. The molecule has 0 aliphatic carbocycles. The number of carbonyl (C=O) groups excluding carboxylic acids is 3. The Morgan fingerprint density at radius 2 is 1.39 bits per heavy atom. The highest BCUT2D eigenvalue weighted by atomic mass is 32.2. The number of hydrogen-bond donors (Lipinski definition) is 1. The second kappa shape index (κ2) is 27.8. The molecular formula is C51H74N4O15S2. The van der Waals surface area contributed by atoms with Crippen molar-refractivity contribution in [1.29, 1.82) is 0 Å². The van der Waals surface area contributed by atoms with E-state index in [0.29, 0.717) is 122 Å². The van der Waals surface area contributed by atoms with Crippen molar-refractivity contribution in [2.75, 3.05) is 105 Å². The van der Waals surface area contributed by atoms with Gasteiger partial charge in [-0.15, -0.1) is 5.06 Å². The van der Waals surface area contributed by atoms with Gasteiger partial charge in [0, 0.05) is 108 Å². The number of carbonyl (C=O) groups is 3. The topological polar surface area (TPSA) is 229 Å². The van der Waals surface area contributed by atoms with Crippen molar-refractivity contribution in [2.24, 2.45) is 0 Å². The fraction of sp³-hybridized carbons (Fsp3) is 0.608. The van der Waals surface area contributed by atoms with Crippen LogP contribution in [-0.2, 0) is 78.6 Å². The van der Waals surface area contributed by atoms with Gasteiger partial charge in [-0.2, -0.15) is 4.58 Å². The molecule has 0 spiro atoms. The fourth-order valence-electron chi connectivity index (χ4n) is 9.30. The van der Waals surface area contributed by atoms with Gasteiger partial charge in [0.25, 0.3) is 11.8 Å². The van der Waals surface area contributed by atoms with Crippen LogP contribution < -0.4 is 9.62 Å². The third-order valence-corrected chi connectivity index (χ3v) is 15.6. The number of amides is 2. The molecule has 2 aromatic rings. The number of nitrogens with zero attached hydrogens (tertiary/aromatic N) is 3. The molecule has 1 saturated heterocycles. The Morgan fingerprint density at radius 3 is 2.04 bits per heavy atom. The smallest absolute Gasteiger partial charge is 0.333 e. The van der Waals surface area contributed by atoms with Crippen LogP contribution in [0.1, 0.15) is 103 Å². The van der Waals surface area contributed by atoms with Crippen molar-refractivity contribution in [1.82, 2.24) is 9.79 Å². The highest BCUT2D eigenvalue weighted by molar-refractivity contribution is 7.89. The molecule has 0 bridgehead atoms. The van der Waals surface area contributed by atoms with E-state index in [0.717, 1.165) is 41.2 Å². The van der Waals surface area contributed by atoms with Gasteiger partial charge in [-0.3, -0.25) is 9.59 Å². The van der Waals surface area contributed by atoms with Crippen LogP contribution in [0.5, 0.6) is 0 Å². The first-order valence-corrected chi connectivity index (χ1v) is 27.7. The summed E-state index contributed by atoms with van der Waals surface area (Å²) in [5.41, 5.74) is 3.27. The van der Waals surface area contributed by atoms with Crippen LogP contribution >= 0.6 is 0 Å². The second-order valence-electron chi connectivity index (χ2n) is 18.4. The van der Waals surface area contributed by atoms with E-state index < -0.39 is 48.8 Å². The van der Waals surface area contributed by atoms with E-state index >= 15 is 0 Å². The molecule has 72 heavy (non-hydrogen) atoms. The average molecular weight is 1050 g/mol. The van der Waals surface area contributed by atoms with Crippen molar-refractivity contribution in [2.45, 2.75) is 112 Å². The van der Waals surface area contributed by atoms with E-state index in [2.05, 4.69) is 28.0 Å². The molecule has 3 aliphatic heterocycles. The lowest BCUT2D eigenvalue weighted by atomic mass is 9.75. The van der Waals surface area contributed by atoms with Gasteiger partial charge in [0.15, 0.2) is 5.71 Å². The van der Waals surface area contributed by atoms with Gasteiger partial charge in [-0.1, -0.05) is 32.3 Å². The number of allylic oxidation sites excluding steroid dienone is 4. The standard InChI is InChI=1S/C51H74N4O15S2/c1-7-8-26-53-43-20-18-40(72(61,62)63)38-42(43)50(2,23-11-9-10-16-49(58)70-55-47(56)21-22-48(55)57)45(53)14-12-15-46-51(3,24-29-68-35-32-65-5)41-37-39(71(59,60)52-25-13-28-67-34-31-64-4)17-19-44(41)54(46)27-30-69-36-33-66-6/h12,14-15,17-20,37-38,52H,7-11,13,16,21-36H2,1-6H3. The second-order valence-corrected chi connectivity index (χ2v) is 21.5. The number of sulfonamides is 1. The van der Waals surface area contributed by atoms with Crippen LogP contribution in [0, 0.1) is 0 Å². The van der Waals surface area contributed by atoms with E-state index in [1.165, 1.54) is 12.1 Å². The number of benzene rings is 2. The first kappa shape index (κ1) is 58.5. The molecule has 0 radical (unpaired) electrons. The normalized spacial score (nSPS) is 19.7. The molecule has 2 unspecified atom stereocenters. The summed E-state index contributed by atoms with van der Waals surface area (Å²) < 4.78 is 103. The van der Waals surface area contributed by atoms with E-state index in [4.69, 9.17) is 33.3 Å². The van der Waals surface area contributed by atoms with Gasteiger partial charge in [-0.25, -0.2) is 26.4 Å². The molecule has 21 heteroatoms. The number of imide groups is 1. The van der Waals surface area contributed by atoms with Crippen LogP contribution in [0.15, 0.2) is 70.1 Å². The van der Waals surface area contributed by atoms with Gasteiger partial charge in [0.1, 0.15) is 16.7 Å². The first-order valence-electron chi connectivity index (χ1n) is 24.8. The van der Waals surface area contributed by atoms with E-state index in [9.17, 15) is 35.8 Å². The molecule has 2 atom stereocenters. The van der Waals surface area contributed by atoms with Crippen LogP contribution in [0.3, 0.4) is 0 Å². The molecule has 19 nitrogen and oxygen atoms in total. The zero-order chi connectivity index (χ0) is 52.4. The largest absolute Gasteiger partial charge is 0.744 e. The number of rotatable bonds is 34. The molecule has 3 heterocycles. The number of hydrogen-bond acceptors (Lipinski definition) is 16. The van der Waals surface area contributed by atoms with Crippen molar-refractivity contribution in [3.63, 3.8) is 0 Å². The molecule has 1 N–H and O–H groups in total. The van der Waals surface area contributed by atoms with Crippen molar-refractivity contribution < 1.29 is 73.6 Å². The molecule has 2 aromatic carbocycles. The number of hydroxylamine groups is 2.